The van der Waals surface area contributed by atoms with Crippen LogP contribution in [0.2, 0.25) is 5.02 Å². The first-order chi connectivity index (χ1) is 11.6. The minimum absolute atomic E-state index is 0.0100. The predicted molar refractivity (Wildman–Crippen MR) is 86.8 cm³/mol. The smallest absolute Gasteiger partial charge is 0.267 e. The summed E-state index contributed by atoms with van der Waals surface area (Å²) in [6.07, 6.45) is 3.21. The van der Waals surface area contributed by atoms with Gasteiger partial charge in [-0.1, -0.05) is 16.8 Å². The van der Waals surface area contributed by atoms with Crippen LogP contribution in [-0.2, 0) is 4.79 Å². The largest absolute Gasteiger partial charge is 0.477 e. The second-order valence-electron chi connectivity index (χ2n) is 6.39. The van der Waals surface area contributed by atoms with Crippen LogP contribution in [0.4, 0.5) is 0 Å². The molecule has 4 rings (SSSR count). The Morgan fingerprint density at radius 2 is 2.12 bits per heavy atom. The van der Waals surface area contributed by atoms with E-state index in [9.17, 15) is 4.79 Å². The van der Waals surface area contributed by atoms with Gasteiger partial charge in [0.25, 0.3) is 5.91 Å². The average Bonchev–Trinajstić information content (AvgIpc) is 2.99. The number of ether oxygens (including phenoxy) is 1. The molecule has 0 spiro atoms. The SMILES string of the molecule is Cc1noc([C@@H]2CCCN2C(=O)C2(Oc3ccc(Cl)cc3)CC2)n1. The van der Waals surface area contributed by atoms with Crippen LogP contribution in [0, 0.1) is 6.92 Å². The first kappa shape index (κ1) is 15.4. The van der Waals surface area contributed by atoms with Crippen molar-refractivity contribution in [2.75, 3.05) is 6.54 Å². The molecule has 2 heterocycles. The molecule has 1 saturated heterocycles. The number of nitrogens with zero attached hydrogens (tertiary/aromatic N) is 3. The van der Waals surface area contributed by atoms with Gasteiger partial charge < -0.3 is 14.2 Å². The van der Waals surface area contributed by atoms with E-state index in [0.717, 1.165) is 25.7 Å². The minimum atomic E-state index is -0.758. The number of likely N-dealkylation sites (tertiary alicyclic amines) is 1. The van der Waals surface area contributed by atoms with E-state index >= 15 is 0 Å². The number of hydrogen-bond donors (Lipinski definition) is 0. The maximum Gasteiger partial charge on any atom is 0.267 e. The van der Waals surface area contributed by atoms with Crippen LogP contribution >= 0.6 is 11.6 Å². The minimum Gasteiger partial charge on any atom is -0.477 e. The zero-order valence-corrected chi connectivity index (χ0v) is 14.1. The van der Waals surface area contributed by atoms with Crippen LogP contribution in [0.1, 0.15) is 43.4 Å². The van der Waals surface area contributed by atoms with Gasteiger partial charge >= 0.3 is 0 Å². The van der Waals surface area contributed by atoms with Gasteiger partial charge in [-0.2, -0.15) is 4.98 Å². The van der Waals surface area contributed by atoms with E-state index < -0.39 is 5.60 Å². The molecular formula is C17H18ClN3O3. The summed E-state index contributed by atoms with van der Waals surface area (Å²) in [4.78, 5) is 19.2. The molecule has 0 radical (unpaired) electrons. The van der Waals surface area contributed by atoms with Gasteiger partial charge in [-0.3, -0.25) is 4.79 Å². The Bertz CT molecular complexity index is 755. The van der Waals surface area contributed by atoms with E-state index in [-0.39, 0.29) is 11.9 Å². The highest BCUT2D eigenvalue weighted by molar-refractivity contribution is 6.30. The van der Waals surface area contributed by atoms with E-state index in [2.05, 4.69) is 10.1 Å². The van der Waals surface area contributed by atoms with Gasteiger partial charge in [0.05, 0.1) is 0 Å². The highest BCUT2D eigenvalue weighted by atomic mass is 35.5. The fourth-order valence-corrected chi connectivity index (χ4v) is 3.30. The monoisotopic (exact) mass is 347 g/mol. The van der Waals surface area contributed by atoms with Crippen molar-refractivity contribution in [2.45, 2.75) is 44.2 Å². The zero-order chi connectivity index (χ0) is 16.7. The molecule has 0 unspecified atom stereocenters. The van der Waals surface area contributed by atoms with Gasteiger partial charge in [-0.15, -0.1) is 0 Å². The van der Waals surface area contributed by atoms with Gasteiger partial charge in [0.1, 0.15) is 11.8 Å². The lowest BCUT2D eigenvalue weighted by Gasteiger charge is -2.27. The molecule has 2 aliphatic rings. The highest BCUT2D eigenvalue weighted by Crippen LogP contribution is 2.45. The number of benzene rings is 1. The number of aromatic nitrogens is 2. The van der Waals surface area contributed by atoms with Gasteiger partial charge in [0, 0.05) is 24.4 Å². The summed E-state index contributed by atoms with van der Waals surface area (Å²) in [7, 11) is 0. The van der Waals surface area contributed by atoms with Crippen LogP contribution in [0.3, 0.4) is 0 Å². The van der Waals surface area contributed by atoms with Crippen molar-refractivity contribution >= 4 is 17.5 Å². The Morgan fingerprint density at radius 3 is 2.75 bits per heavy atom. The lowest BCUT2D eigenvalue weighted by atomic mass is 10.2. The van der Waals surface area contributed by atoms with Crippen LogP contribution in [0.25, 0.3) is 0 Å². The highest BCUT2D eigenvalue weighted by Gasteiger charge is 2.56. The molecule has 1 aliphatic carbocycles. The number of aryl methyl sites for hydroxylation is 1. The van der Waals surface area contributed by atoms with Crippen molar-refractivity contribution in [2.24, 2.45) is 0 Å². The normalized spacial score (nSPS) is 21.8. The van der Waals surface area contributed by atoms with Gasteiger partial charge in [-0.05, 0) is 44.0 Å². The Hall–Kier alpha value is -2.08. The van der Waals surface area contributed by atoms with Crippen molar-refractivity contribution in [3.63, 3.8) is 0 Å². The van der Waals surface area contributed by atoms with Crippen LogP contribution in [0.5, 0.6) is 5.75 Å². The zero-order valence-electron chi connectivity index (χ0n) is 13.4. The third kappa shape index (κ3) is 2.75. The average molecular weight is 348 g/mol. The van der Waals surface area contributed by atoms with E-state index in [1.54, 1.807) is 31.2 Å². The number of rotatable bonds is 4. The van der Waals surface area contributed by atoms with Crippen molar-refractivity contribution in [1.82, 2.24) is 15.0 Å². The number of hydrogen-bond acceptors (Lipinski definition) is 5. The molecule has 1 saturated carbocycles. The van der Waals surface area contributed by atoms with Crippen molar-refractivity contribution < 1.29 is 14.1 Å². The molecule has 2 aromatic rings. The third-order valence-electron chi connectivity index (χ3n) is 4.56. The molecule has 24 heavy (non-hydrogen) atoms. The molecular weight excluding hydrogens is 330 g/mol. The fourth-order valence-electron chi connectivity index (χ4n) is 3.18. The van der Waals surface area contributed by atoms with Crippen molar-refractivity contribution in [1.29, 1.82) is 0 Å². The van der Waals surface area contributed by atoms with Gasteiger partial charge in [0.15, 0.2) is 11.4 Å². The maximum absolute atomic E-state index is 13.1. The Kier molecular flexibility index (Phi) is 3.72. The Morgan fingerprint density at radius 1 is 1.38 bits per heavy atom. The lowest BCUT2D eigenvalue weighted by Crippen LogP contribution is -2.43. The topological polar surface area (TPSA) is 68.5 Å². The Balaban J connectivity index is 1.52. The molecule has 1 amide bonds. The van der Waals surface area contributed by atoms with Crippen LogP contribution in [-0.4, -0.2) is 33.1 Å². The molecule has 7 heteroatoms. The van der Waals surface area contributed by atoms with Crippen LogP contribution in [0.15, 0.2) is 28.8 Å². The fraction of sp³-hybridized carbons (Fsp3) is 0.471. The molecule has 1 aliphatic heterocycles. The standard InChI is InChI=1S/C17H18ClN3O3/c1-11-19-15(24-20-11)14-3-2-10-21(14)16(22)17(8-9-17)23-13-6-4-12(18)5-7-13/h4-7,14H,2-3,8-10H2,1H3/t14-/m0/s1. The van der Waals surface area contributed by atoms with Crippen LogP contribution < -0.4 is 4.74 Å². The molecule has 126 valence electrons. The summed E-state index contributed by atoms with van der Waals surface area (Å²) in [5, 5.41) is 4.48. The number of carbonyl (C=O) groups is 1. The third-order valence-corrected chi connectivity index (χ3v) is 4.81. The molecule has 2 fully saturated rings. The molecule has 0 N–H and O–H groups in total. The summed E-state index contributed by atoms with van der Waals surface area (Å²) in [5.74, 6) is 1.77. The molecule has 1 aromatic heterocycles. The molecule has 6 nitrogen and oxygen atoms in total. The maximum atomic E-state index is 13.1. The molecule has 1 aromatic carbocycles. The number of amides is 1. The summed E-state index contributed by atoms with van der Waals surface area (Å²) < 4.78 is 11.3. The van der Waals surface area contributed by atoms with E-state index in [0.29, 0.717) is 29.0 Å². The van der Waals surface area contributed by atoms with Crippen molar-refractivity contribution in [3.05, 3.63) is 41.0 Å². The quantitative estimate of drug-likeness (QED) is 0.848. The summed E-state index contributed by atoms with van der Waals surface area (Å²) >= 11 is 5.90. The Labute approximate surface area is 144 Å². The van der Waals surface area contributed by atoms with E-state index in [4.69, 9.17) is 20.9 Å². The molecule has 0 bridgehead atoms. The number of carbonyl (C=O) groups excluding carboxylic acids is 1. The van der Waals surface area contributed by atoms with Gasteiger partial charge in [-0.25, -0.2) is 0 Å². The first-order valence-corrected chi connectivity index (χ1v) is 8.51. The van der Waals surface area contributed by atoms with Crippen molar-refractivity contribution in [3.8, 4) is 5.75 Å². The second-order valence-corrected chi connectivity index (χ2v) is 6.82. The summed E-state index contributed by atoms with van der Waals surface area (Å²) in [5.41, 5.74) is -0.758. The van der Waals surface area contributed by atoms with E-state index in [1.807, 2.05) is 4.90 Å². The van der Waals surface area contributed by atoms with Gasteiger partial charge in [0.2, 0.25) is 5.89 Å². The molecule has 1 atom stereocenters. The first-order valence-electron chi connectivity index (χ1n) is 8.13. The van der Waals surface area contributed by atoms with E-state index in [1.165, 1.54) is 0 Å². The lowest BCUT2D eigenvalue weighted by molar-refractivity contribution is -0.142. The predicted octanol–water partition coefficient (Wildman–Crippen LogP) is 3.31. The second kappa shape index (κ2) is 5.77. The summed E-state index contributed by atoms with van der Waals surface area (Å²) in [6.45, 7) is 2.47. The number of halogens is 1. The summed E-state index contributed by atoms with van der Waals surface area (Å²) in [6, 6.07) is 6.95.